The fourth-order valence-electron chi connectivity index (χ4n) is 2.83. The van der Waals surface area contributed by atoms with Gasteiger partial charge in [-0.15, -0.1) is 0 Å². The summed E-state index contributed by atoms with van der Waals surface area (Å²) in [5.41, 5.74) is 2.36. The molecule has 0 aliphatic rings. The number of hydrogen-bond donors (Lipinski definition) is 1. The highest BCUT2D eigenvalue weighted by molar-refractivity contribution is 5.59. The third-order valence-corrected chi connectivity index (χ3v) is 4.40. The second kappa shape index (κ2) is 9.56. The van der Waals surface area contributed by atoms with Gasteiger partial charge in [-0.05, 0) is 42.8 Å². The molecule has 0 bridgehead atoms. The van der Waals surface area contributed by atoms with Gasteiger partial charge in [-0.2, -0.15) is 0 Å². The first-order valence-corrected chi connectivity index (χ1v) is 9.26. The van der Waals surface area contributed by atoms with Crippen molar-refractivity contribution in [3.8, 4) is 17.2 Å². The lowest BCUT2D eigenvalue weighted by Gasteiger charge is -2.11. The Bertz CT molecular complexity index is 1050. The smallest absolute Gasteiger partial charge is 0.274 e. The fraction of sp³-hybridized carbons (Fsp3) is 0.130. The van der Waals surface area contributed by atoms with Gasteiger partial charge in [0.05, 0.1) is 4.92 Å². The Morgan fingerprint density at radius 1 is 1.13 bits per heavy atom. The Kier molecular flexibility index (Phi) is 6.64. The molecule has 0 spiro atoms. The minimum absolute atomic E-state index is 0.0829. The van der Waals surface area contributed by atoms with E-state index in [4.69, 9.17) is 9.47 Å². The zero-order chi connectivity index (χ0) is 21.5. The summed E-state index contributed by atoms with van der Waals surface area (Å²) in [5.74, 6) is 0.669. The summed E-state index contributed by atoms with van der Waals surface area (Å²) in [4.78, 5) is 10.7. The topological polar surface area (TPSA) is 73.6 Å². The largest absolute Gasteiger partial charge is 0.486 e. The predicted molar refractivity (Wildman–Crippen MR) is 114 cm³/mol. The Labute approximate surface area is 173 Å². The first-order valence-electron chi connectivity index (χ1n) is 9.26. The Hall–Kier alpha value is -3.87. The molecule has 0 aliphatic heterocycles. The number of hydrogen-bond acceptors (Lipinski definition) is 5. The molecule has 0 saturated heterocycles. The van der Waals surface area contributed by atoms with E-state index in [-0.39, 0.29) is 18.0 Å². The number of nitrogens with zero attached hydrogens (tertiary/aromatic N) is 1. The minimum Gasteiger partial charge on any atom is -0.486 e. The zero-order valence-corrected chi connectivity index (χ0v) is 16.4. The maximum absolute atomic E-state index is 13.7. The number of anilines is 1. The van der Waals surface area contributed by atoms with Gasteiger partial charge in [0.25, 0.3) is 5.69 Å². The van der Waals surface area contributed by atoms with Crippen LogP contribution in [0.25, 0.3) is 0 Å². The quantitative estimate of drug-likeness (QED) is 0.267. The summed E-state index contributed by atoms with van der Waals surface area (Å²) in [5, 5.41) is 14.3. The molecule has 6 nitrogen and oxygen atoms in total. The van der Waals surface area contributed by atoms with E-state index in [9.17, 15) is 14.5 Å². The highest BCUT2D eigenvalue weighted by Gasteiger charge is 2.13. The summed E-state index contributed by atoms with van der Waals surface area (Å²) in [6.45, 7) is 5.96. The lowest BCUT2D eigenvalue weighted by atomic mass is 10.1. The zero-order valence-electron chi connectivity index (χ0n) is 16.4. The molecule has 0 atom stereocenters. The molecule has 3 rings (SSSR count). The van der Waals surface area contributed by atoms with Crippen LogP contribution in [0.2, 0.25) is 0 Å². The SMILES string of the molecule is C=CCOc1cc(Oc2ccc(CNc3cccc([N+](=O)[O-])c3C)cc2)ccc1F. The van der Waals surface area contributed by atoms with E-state index in [1.54, 1.807) is 31.2 Å². The molecular formula is C23H21FN2O4. The number of ether oxygens (including phenoxy) is 2. The van der Waals surface area contributed by atoms with Crippen molar-refractivity contribution in [1.82, 2.24) is 0 Å². The van der Waals surface area contributed by atoms with Gasteiger partial charge in [0.2, 0.25) is 0 Å². The van der Waals surface area contributed by atoms with Gasteiger partial charge in [0.15, 0.2) is 11.6 Å². The van der Waals surface area contributed by atoms with Crippen LogP contribution in [0.15, 0.2) is 73.3 Å². The number of nitrogens with one attached hydrogen (secondary N) is 1. The number of halogens is 1. The van der Waals surface area contributed by atoms with Gasteiger partial charge in [0, 0.05) is 29.9 Å². The summed E-state index contributed by atoms with van der Waals surface area (Å²) in [6.07, 6.45) is 1.54. The summed E-state index contributed by atoms with van der Waals surface area (Å²) < 4.78 is 24.8. The van der Waals surface area contributed by atoms with E-state index in [1.807, 2.05) is 12.1 Å². The summed E-state index contributed by atoms with van der Waals surface area (Å²) >= 11 is 0. The average Bonchev–Trinajstić information content (AvgIpc) is 2.74. The van der Waals surface area contributed by atoms with E-state index < -0.39 is 10.7 Å². The van der Waals surface area contributed by atoms with Crippen LogP contribution in [-0.4, -0.2) is 11.5 Å². The van der Waals surface area contributed by atoms with Crippen molar-refractivity contribution in [3.63, 3.8) is 0 Å². The van der Waals surface area contributed by atoms with Gasteiger partial charge in [0.1, 0.15) is 18.1 Å². The fourth-order valence-corrected chi connectivity index (χ4v) is 2.83. The lowest BCUT2D eigenvalue weighted by Crippen LogP contribution is -2.02. The van der Waals surface area contributed by atoms with Crippen molar-refractivity contribution in [1.29, 1.82) is 0 Å². The molecule has 154 valence electrons. The molecule has 1 N–H and O–H groups in total. The highest BCUT2D eigenvalue weighted by atomic mass is 19.1. The standard InChI is InChI=1S/C23H21FN2O4/c1-3-13-29-23-14-19(11-12-20(23)24)30-18-9-7-17(8-10-18)15-25-21-5-4-6-22(16(21)2)26(27)28/h3-12,14,25H,1,13,15H2,2H3. The van der Waals surface area contributed by atoms with Crippen molar-refractivity contribution in [2.24, 2.45) is 0 Å². The van der Waals surface area contributed by atoms with E-state index in [0.717, 1.165) is 5.56 Å². The van der Waals surface area contributed by atoms with Gasteiger partial charge in [-0.25, -0.2) is 4.39 Å². The van der Waals surface area contributed by atoms with E-state index in [2.05, 4.69) is 11.9 Å². The first kappa shape index (κ1) is 20.9. The second-order valence-electron chi connectivity index (χ2n) is 6.50. The molecule has 7 heteroatoms. The minimum atomic E-state index is -0.470. The first-order chi connectivity index (χ1) is 14.5. The number of nitro benzene ring substituents is 1. The van der Waals surface area contributed by atoms with E-state index in [1.165, 1.54) is 30.3 Å². The van der Waals surface area contributed by atoms with Gasteiger partial charge >= 0.3 is 0 Å². The van der Waals surface area contributed by atoms with Crippen LogP contribution in [0.5, 0.6) is 17.2 Å². The number of benzene rings is 3. The molecule has 0 heterocycles. The maximum Gasteiger partial charge on any atom is 0.274 e. The highest BCUT2D eigenvalue weighted by Crippen LogP contribution is 2.29. The predicted octanol–water partition coefficient (Wildman–Crippen LogP) is 6.01. The molecule has 3 aromatic rings. The van der Waals surface area contributed by atoms with Crippen LogP contribution in [0, 0.1) is 22.9 Å². The Balaban J connectivity index is 1.64. The van der Waals surface area contributed by atoms with E-state index in [0.29, 0.717) is 29.3 Å². The van der Waals surface area contributed by atoms with Gasteiger partial charge < -0.3 is 14.8 Å². The van der Waals surface area contributed by atoms with Gasteiger partial charge in [-0.3, -0.25) is 10.1 Å². The van der Waals surface area contributed by atoms with Crippen LogP contribution in [-0.2, 0) is 6.54 Å². The van der Waals surface area contributed by atoms with Crippen LogP contribution in [0.3, 0.4) is 0 Å². The van der Waals surface area contributed by atoms with Crippen molar-refractivity contribution in [3.05, 3.63) is 100 Å². The molecule has 0 saturated carbocycles. The Morgan fingerprint density at radius 3 is 2.57 bits per heavy atom. The van der Waals surface area contributed by atoms with Crippen LogP contribution in [0.4, 0.5) is 15.8 Å². The van der Waals surface area contributed by atoms with E-state index >= 15 is 0 Å². The molecule has 0 aliphatic carbocycles. The number of rotatable bonds is 9. The normalized spacial score (nSPS) is 10.3. The van der Waals surface area contributed by atoms with Crippen molar-refractivity contribution >= 4 is 11.4 Å². The molecular weight excluding hydrogens is 387 g/mol. The molecule has 0 unspecified atom stereocenters. The van der Waals surface area contributed by atoms with Crippen LogP contribution in [0.1, 0.15) is 11.1 Å². The summed E-state index contributed by atoms with van der Waals surface area (Å²) in [7, 11) is 0. The molecule has 0 amide bonds. The van der Waals surface area contributed by atoms with Crippen molar-refractivity contribution < 1.29 is 18.8 Å². The van der Waals surface area contributed by atoms with Crippen LogP contribution < -0.4 is 14.8 Å². The number of nitro groups is 1. The van der Waals surface area contributed by atoms with Gasteiger partial charge in [-0.1, -0.05) is 30.9 Å². The van der Waals surface area contributed by atoms with Crippen molar-refractivity contribution in [2.45, 2.75) is 13.5 Å². The molecule has 3 aromatic carbocycles. The molecule has 0 radical (unpaired) electrons. The third-order valence-electron chi connectivity index (χ3n) is 4.40. The van der Waals surface area contributed by atoms with Crippen LogP contribution >= 0.6 is 0 Å². The second-order valence-corrected chi connectivity index (χ2v) is 6.50. The van der Waals surface area contributed by atoms with Crippen molar-refractivity contribution in [2.75, 3.05) is 11.9 Å². The molecule has 0 fully saturated rings. The average molecular weight is 408 g/mol. The third kappa shape index (κ3) is 5.14. The molecule has 0 aromatic heterocycles. The monoisotopic (exact) mass is 408 g/mol. The Morgan fingerprint density at radius 2 is 1.87 bits per heavy atom. The summed E-state index contributed by atoms with van der Waals surface area (Å²) in [6, 6.07) is 16.6. The molecule has 30 heavy (non-hydrogen) atoms. The lowest BCUT2D eigenvalue weighted by molar-refractivity contribution is -0.385. The maximum atomic E-state index is 13.7.